The summed E-state index contributed by atoms with van der Waals surface area (Å²) in [6, 6.07) is 111. The predicted molar refractivity (Wildman–Crippen MR) is 452 cm³/mol. The van der Waals surface area contributed by atoms with Gasteiger partial charge in [-0.25, -0.2) is 4.79 Å². The molecule has 0 bridgehead atoms. The van der Waals surface area contributed by atoms with Crippen LogP contribution in [0, 0.1) is 62.3 Å². The standard InChI is InChI=1S/C24H26.C18H22.C17H18O2.3C14H14.CH4/c1-3-4-5-6-20-9-13-22(14-10-20)24-17-15-23(16-18-24)21-11-7-19(2)8-12-21;1-3-4-5-6-16-9-13-18(14-10-16)17-11-7-15(2)8-12-17;1-3-4-14-7-9-15(10-8-14)17(18)19-16-11-5-13(2)6-12-16;3*1-11-3-7-13(8-4-11)14-9-5-12(2)6-10-14;/h7-18H,3-6H2,1-2H3;7-14H,3-6H2,1-2H3;5-12H,3-4H2,1-2H3;3*3-10H,1-2H3;1H4. The quantitative estimate of drug-likeness (QED) is 0.0486. The molecule has 0 aliphatic rings. The van der Waals surface area contributed by atoms with Crippen LogP contribution in [-0.2, 0) is 19.3 Å². The molecule has 13 aromatic rings. The zero-order valence-electron chi connectivity index (χ0n) is 63.4. The molecule has 13 aromatic carbocycles. The fourth-order valence-electron chi connectivity index (χ4n) is 11.6. The van der Waals surface area contributed by atoms with E-state index in [1.807, 2.05) is 43.3 Å². The molecule has 0 spiro atoms. The summed E-state index contributed by atoms with van der Waals surface area (Å²) in [6.07, 6.45) is 12.4. The number of benzene rings is 13. The molecule has 0 aliphatic heterocycles. The Balaban J connectivity index is 0.000000176. The summed E-state index contributed by atoms with van der Waals surface area (Å²) in [5.41, 5.74) is 31.8. The van der Waals surface area contributed by atoms with E-state index < -0.39 is 0 Å². The summed E-state index contributed by atoms with van der Waals surface area (Å²) in [7, 11) is 0. The number of esters is 1. The minimum Gasteiger partial charge on any atom is -0.423 e. The molecule has 0 radical (unpaired) electrons. The molecule has 0 aliphatic carbocycles. The number of carbonyl (C=O) groups excluding carboxylic acids is 1. The van der Waals surface area contributed by atoms with Gasteiger partial charge in [0.15, 0.2) is 0 Å². The van der Waals surface area contributed by atoms with Gasteiger partial charge in [-0.05, 0) is 202 Å². The van der Waals surface area contributed by atoms with Crippen molar-refractivity contribution in [3.8, 4) is 72.5 Å². The summed E-state index contributed by atoms with van der Waals surface area (Å²) in [6.45, 7) is 25.6. The number of hydrogen-bond acceptors (Lipinski definition) is 2. The SMILES string of the molecule is C.CCCCCc1ccc(-c2ccc(-c3ccc(C)cc3)cc2)cc1.CCCCCc1ccc(-c2ccc(C)cc2)cc1.CCCc1ccc(C(=O)Oc2ccc(C)cc2)cc1.Cc1ccc(-c2ccc(C)cc2)cc1.Cc1ccc(-c2ccc(C)cc2)cc1.Cc1ccc(-c2ccc(C)cc2)cc1. The van der Waals surface area contributed by atoms with E-state index >= 15 is 0 Å². The van der Waals surface area contributed by atoms with Gasteiger partial charge in [0.25, 0.3) is 0 Å². The van der Waals surface area contributed by atoms with Gasteiger partial charge in [-0.1, -0.05) is 402 Å². The Bertz CT molecular complexity index is 4170. The van der Waals surface area contributed by atoms with Crippen LogP contribution in [-0.4, -0.2) is 5.97 Å². The fourth-order valence-corrected chi connectivity index (χ4v) is 11.6. The predicted octanol–water partition coefficient (Wildman–Crippen LogP) is 29.2. The number of aryl methyl sites for hydroxylation is 12. The molecule has 532 valence electrons. The third kappa shape index (κ3) is 27.6. The summed E-state index contributed by atoms with van der Waals surface area (Å²) in [4.78, 5) is 11.9. The summed E-state index contributed by atoms with van der Waals surface area (Å²) in [5.74, 6) is 0.264. The van der Waals surface area contributed by atoms with E-state index in [2.05, 4.69) is 343 Å². The lowest BCUT2D eigenvalue weighted by atomic mass is 9.98. The first kappa shape index (κ1) is 80.6. The Morgan fingerprint density at radius 1 is 0.212 bits per heavy atom. The van der Waals surface area contributed by atoms with Gasteiger partial charge in [0, 0.05) is 0 Å². The largest absolute Gasteiger partial charge is 0.423 e. The second kappa shape index (κ2) is 43.3. The van der Waals surface area contributed by atoms with E-state index in [0.29, 0.717) is 11.3 Å². The molecule has 0 unspecified atom stereocenters. The van der Waals surface area contributed by atoms with Crippen molar-refractivity contribution < 1.29 is 9.53 Å². The average molecular weight is 1370 g/mol. The van der Waals surface area contributed by atoms with Crippen LogP contribution in [0.3, 0.4) is 0 Å². The van der Waals surface area contributed by atoms with Gasteiger partial charge in [-0.2, -0.15) is 0 Å². The van der Waals surface area contributed by atoms with Gasteiger partial charge in [0.2, 0.25) is 0 Å². The summed E-state index contributed by atoms with van der Waals surface area (Å²) < 4.78 is 5.32. The van der Waals surface area contributed by atoms with Crippen LogP contribution in [0.4, 0.5) is 0 Å². The van der Waals surface area contributed by atoms with Crippen LogP contribution in [0.15, 0.2) is 315 Å². The molecule has 2 nitrogen and oxygen atoms in total. The first-order chi connectivity index (χ1) is 50.0. The number of carbonyl (C=O) groups is 1. The van der Waals surface area contributed by atoms with Crippen molar-refractivity contribution in [2.24, 2.45) is 0 Å². The zero-order valence-corrected chi connectivity index (χ0v) is 63.4. The minimum absolute atomic E-state index is 0. The van der Waals surface area contributed by atoms with Crippen molar-refractivity contribution >= 4 is 5.97 Å². The third-order valence-electron chi connectivity index (χ3n) is 18.3. The maximum Gasteiger partial charge on any atom is 0.343 e. The number of rotatable bonds is 18. The van der Waals surface area contributed by atoms with Gasteiger partial charge in [-0.3, -0.25) is 0 Å². The molecular weight excluding hydrogens is 1260 g/mol. The number of hydrogen-bond donors (Lipinski definition) is 0. The molecule has 13 rings (SSSR count). The first-order valence-electron chi connectivity index (χ1n) is 37.2. The molecule has 104 heavy (non-hydrogen) atoms. The monoisotopic (exact) mass is 1370 g/mol. The number of ether oxygens (including phenoxy) is 1. The second-order valence-electron chi connectivity index (χ2n) is 27.5. The highest BCUT2D eigenvalue weighted by Crippen LogP contribution is 2.28. The molecule has 0 saturated heterocycles. The van der Waals surface area contributed by atoms with Crippen molar-refractivity contribution in [1.29, 1.82) is 0 Å². The van der Waals surface area contributed by atoms with Gasteiger partial charge >= 0.3 is 5.97 Å². The lowest BCUT2D eigenvalue weighted by Gasteiger charge is -2.07. The van der Waals surface area contributed by atoms with Gasteiger partial charge in [0.1, 0.15) is 5.75 Å². The lowest BCUT2D eigenvalue weighted by molar-refractivity contribution is 0.0734. The van der Waals surface area contributed by atoms with E-state index in [1.165, 1.54) is 179 Å². The topological polar surface area (TPSA) is 26.3 Å². The Morgan fingerprint density at radius 3 is 0.587 bits per heavy atom. The van der Waals surface area contributed by atoms with Crippen molar-refractivity contribution in [2.75, 3.05) is 0 Å². The molecule has 0 N–H and O–H groups in total. The van der Waals surface area contributed by atoms with Crippen molar-refractivity contribution in [2.45, 2.75) is 155 Å². The zero-order chi connectivity index (χ0) is 73.1. The maximum atomic E-state index is 11.9. The van der Waals surface area contributed by atoms with E-state index in [0.717, 1.165) is 18.4 Å². The Labute approximate surface area is 626 Å². The molecule has 0 aromatic heterocycles. The molecule has 0 saturated carbocycles. The lowest BCUT2D eigenvalue weighted by Crippen LogP contribution is -2.08. The Hall–Kier alpha value is -10.7. The van der Waals surface area contributed by atoms with E-state index in [1.54, 1.807) is 12.1 Å². The van der Waals surface area contributed by atoms with Gasteiger partial charge < -0.3 is 4.74 Å². The molecule has 0 fully saturated rings. The summed E-state index contributed by atoms with van der Waals surface area (Å²) >= 11 is 0. The molecule has 0 amide bonds. The Morgan fingerprint density at radius 2 is 0.385 bits per heavy atom. The summed E-state index contributed by atoms with van der Waals surface area (Å²) in [5, 5.41) is 0. The number of unbranched alkanes of at least 4 members (excludes halogenated alkanes) is 4. The van der Waals surface area contributed by atoms with Crippen LogP contribution in [0.1, 0.15) is 150 Å². The smallest absolute Gasteiger partial charge is 0.343 e. The van der Waals surface area contributed by atoms with Crippen LogP contribution in [0.2, 0.25) is 0 Å². The van der Waals surface area contributed by atoms with Crippen LogP contribution >= 0.6 is 0 Å². The van der Waals surface area contributed by atoms with E-state index in [-0.39, 0.29) is 13.4 Å². The van der Waals surface area contributed by atoms with Crippen LogP contribution in [0.5, 0.6) is 5.75 Å². The Kier molecular flexibility index (Phi) is 33.6. The van der Waals surface area contributed by atoms with Crippen LogP contribution in [0.25, 0.3) is 66.8 Å². The molecule has 2 heteroatoms. The van der Waals surface area contributed by atoms with Crippen molar-refractivity contribution in [3.63, 3.8) is 0 Å². The third-order valence-corrected chi connectivity index (χ3v) is 18.3. The maximum absolute atomic E-state index is 11.9. The van der Waals surface area contributed by atoms with Gasteiger partial charge in [-0.15, -0.1) is 0 Å². The molecule has 0 heterocycles. The van der Waals surface area contributed by atoms with E-state index in [4.69, 9.17) is 4.74 Å². The minimum atomic E-state index is -0.313. The van der Waals surface area contributed by atoms with Crippen LogP contribution < -0.4 is 4.74 Å². The van der Waals surface area contributed by atoms with Gasteiger partial charge in [0.05, 0.1) is 5.56 Å². The second-order valence-corrected chi connectivity index (χ2v) is 27.5. The highest BCUT2D eigenvalue weighted by molar-refractivity contribution is 5.91. The fraction of sp³-hybridized carbons (Fsp3) is 0.225. The normalized spacial score (nSPS) is 10.3. The van der Waals surface area contributed by atoms with Crippen molar-refractivity contribution in [3.05, 3.63) is 388 Å². The molecular formula is C102H112O2. The average Bonchev–Trinajstić information content (AvgIpc) is 0.858. The first-order valence-corrected chi connectivity index (χ1v) is 37.2. The highest BCUT2D eigenvalue weighted by Gasteiger charge is 2.09. The molecule has 0 atom stereocenters. The van der Waals surface area contributed by atoms with Crippen molar-refractivity contribution in [1.82, 2.24) is 0 Å². The highest BCUT2D eigenvalue weighted by atomic mass is 16.5. The van der Waals surface area contributed by atoms with E-state index in [9.17, 15) is 4.79 Å².